The summed E-state index contributed by atoms with van der Waals surface area (Å²) in [6.45, 7) is 3.92. The average molecular weight is 864 g/mol. The number of imide groups is 1. The van der Waals surface area contributed by atoms with Gasteiger partial charge in [-0.2, -0.15) is 0 Å². The molecule has 1 aromatic heterocycles. The molecule has 1 saturated carbocycles. The fourth-order valence-electron chi connectivity index (χ4n) is 7.28. The lowest BCUT2D eigenvalue weighted by Crippen LogP contribution is -2.51. The van der Waals surface area contributed by atoms with E-state index in [1.807, 2.05) is 0 Å². The van der Waals surface area contributed by atoms with E-state index in [0.717, 1.165) is 23.8 Å². The summed E-state index contributed by atoms with van der Waals surface area (Å²) in [7, 11) is 0. The molecule has 6 rings (SSSR count). The van der Waals surface area contributed by atoms with E-state index >= 15 is 4.39 Å². The van der Waals surface area contributed by atoms with Crippen LogP contribution in [0.15, 0.2) is 53.5 Å². The normalized spacial score (nSPS) is 16.6. The first-order valence-electron chi connectivity index (χ1n) is 20.1. The van der Waals surface area contributed by atoms with Gasteiger partial charge in [-0.25, -0.2) is 14.0 Å². The molecule has 3 aliphatic rings. The Morgan fingerprint density at radius 1 is 0.967 bits per heavy atom. The van der Waals surface area contributed by atoms with Gasteiger partial charge in [0.1, 0.15) is 24.0 Å². The molecule has 2 aromatic carbocycles. The van der Waals surface area contributed by atoms with Crippen LogP contribution >= 0.6 is 11.6 Å². The lowest BCUT2D eigenvalue weighted by molar-refractivity contribution is -0.137. The molecule has 3 aromatic rings. The minimum absolute atomic E-state index is 0.00226. The average Bonchev–Trinajstić information content (AvgIpc) is 3.88. The van der Waals surface area contributed by atoms with Gasteiger partial charge in [0.15, 0.2) is 0 Å². The Hall–Kier alpha value is -6.30. The number of aromatic nitrogens is 1. The molecule has 0 radical (unpaired) electrons. The topological polar surface area (TPSA) is 226 Å². The fourth-order valence-corrected chi connectivity index (χ4v) is 7.69. The fraction of sp³-hybridized carbons (Fsp3) is 0.429. The summed E-state index contributed by atoms with van der Waals surface area (Å²) in [5, 5.41) is 20.2. The van der Waals surface area contributed by atoms with Crippen LogP contribution in [0.25, 0.3) is 10.9 Å². The van der Waals surface area contributed by atoms with Crippen molar-refractivity contribution in [2.75, 3.05) is 36.4 Å². The molecule has 6 amide bonds. The van der Waals surface area contributed by atoms with Crippen LogP contribution in [0.1, 0.15) is 80.8 Å². The number of rotatable bonds is 18. The van der Waals surface area contributed by atoms with Crippen molar-refractivity contribution >= 4 is 75.5 Å². The van der Waals surface area contributed by atoms with Crippen molar-refractivity contribution in [2.24, 2.45) is 5.92 Å². The van der Waals surface area contributed by atoms with E-state index in [1.54, 1.807) is 47.6 Å². The van der Waals surface area contributed by atoms with Crippen LogP contribution in [0.2, 0.25) is 5.02 Å². The number of nitrogens with one attached hydrogen (secondary N) is 4. The first-order valence-corrected chi connectivity index (χ1v) is 20.5. The summed E-state index contributed by atoms with van der Waals surface area (Å²) >= 11 is 6.75. The quantitative estimate of drug-likeness (QED) is 0.0908. The van der Waals surface area contributed by atoms with E-state index in [1.165, 1.54) is 18.3 Å². The number of unbranched alkanes of at least 4 members (excludes halogenated alkanes) is 2. The van der Waals surface area contributed by atoms with Gasteiger partial charge in [-0.3, -0.25) is 33.7 Å². The molecule has 17 nitrogen and oxygen atoms in total. The molecule has 0 bridgehead atoms. The second-order valence-corrected chi connectivity index (χ2v) is 16.0. The number of anilines is 2. The summed E-state index contributed by atoms with van der Waals surface area (Å²) in [5.74, 6) is -4.49. The molecule has 1 aliphatic carbocycles. The molecule has 61 heavy (non-hydrogen) atoms. The smallest absolute Gasteiger partial charge is 0.407 e. The summed E-state index contributed by atoms with van der Waals surface area (Å²) < 4.78 is 22.6. The van der Waals surface area contributed by atoms with E-state index in [-0.39, 0.29) is 84.0 Å². The van der Waals surface area contributed by atoms with Gasteiger partial charge < -0.3 is 40.6 Å². The zero-order valence-corrected chi connectivity index (χ0v) is 34.4. The third-order valence-electron chi connectivity index (χ3n) is 10.7. The van der Waals surface area contributed by atoms with Crippen molar-refractivity contribution in [1.29, 1.82) is 0 Å². The summed E-state index contributed by atoms with van der Waals surface area (Å²) in [6.07, 6.45) is 6.82. The minimum Gasteiger partial charge on any atom is -0.477 e. The van der Waals surface area contributed by atoms with E-state index in [2.05, 4.69) is 21.3 Å². The second kappa shape index (κ2) is 19.4. The SMILES string of the molecule is CC(C)[C@H](NC(=O)CCCCCN1C(=O)C=CC1=O)C(=O)NCC(=O)Nc1ccc(COC(=O)NC2CCN(c3c(F)cc4c(=O)c(C(=O)O)cn(C5CC5)c4c3Cl)C2)cc1. The summed E-state index contributed by atoms with van der Waals surface area (Å²) in [6, 6.07) is 6.21. The Morgan fingerprint density at radius 3 is 2.33 bits per heavy atom. The van der Waals surface area contributed by atoms with Gasteiger partial charge in [0.05, 0.1) is 34.2 Å². The van der Waals surface area contributed by atoms with Crippen LogP contribution in [0.3, 0.4) is 0 Å². The number of pyridine rings is 1. The molecule has 3 heterocycles. The van der Waals surface area contributed by atoms with E-state index in [0.29, 0.717) is 43.5 Å². The van der Waals surface area contributed by atoms with Gasteiger partial charge in [-0.1, -0.05) is 44.0 Å². The van der Waals surface area contributed by atoms with E-state index in [4.69, 9.17) is 16.3 Å². The Kier molecular flexibility index (Phi) is 14.1. The molecule has 5 N–H and O–H groups in total. The number of halogens is 2. The first-order chi connectivity index (χ1) is 29.1. The first kappa shape index (κ1) is 44.3. The zero-order chi connectivity index (χ0) is 44.0. The predicted octanol–water partition coefficient (Wildman–Crippen LogP) is 4.01. The highest BCUT2D eigenvalue weighted by atomic mass is 35.5. The molecule has 1 saturated heterocycles. The Morgan fingerprint density at radius 2 is 1.67 bits per heavy atom. The summed E-state index contributed by atoms with van der Waals surface area (Å²) in [5.41, 5.74) is 0.119. The van der Waals surface area contributed by atoms with Gasteiger partial charge in [-0.05, 0) is 61.8 Å². The van der Waals surface area contributed by atoms with E-state index < -0.39 is 52.8 Å². The molecule has 0 spiro atoms. The van der Waals surface area contributed by atoms with Crippen molar-refractivity contribution in [2.45, 2.75) is 83.5 Å². The Bertz CT molecular complexity index is 2310. The number of nitrogens with zero attached hydrogens (tertiary/aromatic N) is 3. The number of amides is 6. The maximum absolute atomic E-state index is 15.5. The molecule has 2 fully saturated rings. The lowest BCUT2D eigenvalue weighted by atomic mass is 10.0. The van der Waals surface area contributed by atoms with Crippen molar-refractivity contribution in [3.05, 3.63) is 80.9 Å². The molecule has 1 unspecified atom stereocenters. The number of benzene rings is 2. The Balaban J connectivity index is 0.912. The predicted molar refractivity (Wildman–Crippen MR) is 222 cm³/mol. The number of aromatic carboxylic acids is 1. The van der Waals surface area contributed by atoms with E-state index in [9.17, 15) is 43.5 Å². The number of carboxylic acids is 1. The largest absolute Gasteiger partial charge is 0.477 e. The number of ether oxygens (including phenoxy) is 1. The monoisotopic (exact) mass is 863 g/mol. The Labute approximate surface area is 354 Å². The standard InChI is InChI=1S/C42H47ClFN7O10/c1-23(2)36(48-31(52)6-4-3-5-16-50-33(54)13-14-34(50)55)40(57)45-19-32(53)46-25-9-7-24(8-10-25)22-61-42(60)47-26-15-17-49(20-26)38-30(44)18-28-37(35(38)43)51(27-11-12-27)21-29(39(28)56)41(58)59/h7-10,13-14,18,21,23,26-27,36H,3-6,11-12,15-17,19-20,22H2,1-2H3,(H,45,57)(H,46,53)(H,47,60)(H,48,52)(H,58,59)/t26?,36-/m0/s1. The number of alkyl carbamates (subject to hydrolysis) is 1. The highest BCUT2D eigenvalue weighted by Crippen LogP contribution is 2.42. The van der Waals surface area contributed by atoms with Gasteiger partial charge in [0.2, 0.25) is 23.2 Å². The molecule has 2 aliphatic heterocycles. The van der Waals surface area contributed by atoms with Crippen molar-refractivity contribution in [3.8, 4) is 0 Å². The summed E-state index contributed by atoms with van der Waals surface area (Å²) in [4.78, 5) is 102. The van der Waals surface area contributed by atoms with Crippen LogP contribution in [-0.2, 0) is 35.3 Å². The maximum atomic E-state index is 15.5. The molecular weight excluding hydrogens is 817 g/mol. The van der Waals surface area contributed by atoms with Gasteiger partial charge in [0, 0.05) is 56.1 Å². The van der Waals surface area contributed by atoms with Crippen molar-refractivity contribution in [1.82, 2.24) is 25.4 Å². The number of hydrogen-bond acceptors (Lipinski definition) is 10. The van der Waals surface area contributed by atoms with Crippen LogP contribution in [0, 0.1) is 11.7 Å². The van der Waals surface area contributed by atoms with Crippen molar-refractivity contribution < 1.29 is 47.8 Å². The number of fused-ring (bicyclic) bond motifs is 1. The van der Waals surface area contributed by atoms with Gasteiger partial charge in [0.25, 0.3) is 11.8 Å². The number of carbonyl (C=O) groups excluding carboxylic acids is 6. The highest BCUT2D eigenvalue weighted by molar-refractivity contribution is 6.38. The van der Waals surface area contributed by atoms with Gasteiger partial charge in [-0.15, -0.1) is 0 Å². The van der Waals surface area contributed by atoms with Crippen LogP contribution in [0.4, 0.5) is 20.6 Å². The molecule has 324 valence electrons. The second-order valence-electron chi connectivity index (χ2n) is 15.6. The van der Waals surface area contributed by atoms with Crippen LogP contribution in [0.5, 0.6) is 0 Å². The number of hydrogen-bond donors (Lipinski definition) is 5. The third kappa shape index (κ3) is 10.9. The maximum Gasteiger partial charge on any atom is 0.407 e. The van der Waals surface area contributed by atoms with Crippen LogP contribution < -0.4 is 31.6 Å². The van der Waals surface area contributed by atoms with Crippen LogP contribution in [-0.4, -0.2) is 94.4 Å². The highest BCUT2D eigenvalue weighted by Gasteiger charge is 2.33. The minimum atomic E-state index is -1.40. The lowest BCUT2D eigenvalue weighted by Gasteiger charge is -2.23. The van der Waals surface area contributed by atoms with Gasteiger partial charge >= 0.3 is 12.1 Å². The number of carboxylic acid groups (broad SMARTS) is 1. The molecule has 19 heteroatoms. The molecular formula is C42H47ClFN7O10. The number of carbonyl (C=O) groups is 7. The zero-order valence-electron chi connectivity index (χ0n) is 33.6. The molecule has 2 atom stereocenters. The third-order valence-corrected chi connectivity index (χ3v) is 11.0. The van der Waals surface area contributed by atoms with Crippen molar-refractivity contribution in [3.63, 3.8) is 0 Å².